The van der Waals surface area contributed by atoms with Crippen molar-refractivity contribution in [3.05, 3.63) is 22.7 Å². The molecule has 0 amide bonds. The summed E-state index contributed by atoms with van der Waals surface area (Å²) in [5, 5.41) is 3.17. The average molecular weight is 237 g/mol. The monoisotopic (exact) mass is 237 g/mol. The van der Waals surface area contributed by atoms with Gasteiger partial charge in [0.15, 0.2) is 5.82 Å². The molecule has 94 valence electrons. The molecule has 1 aromatic rings. The number of hydrogen-bond acceptors (Lipinski definition) is 4. The number of anilines is 1. The van der Waals surface area contributed by atoms with Gasteiger partial charge in [-0.3, -0.25) is 4.79 Å². The fraction of sp³-hybridized carbons (Fsp3) is 0.667. The maximum Gasteiger partial charge on any atom is 0.293 e. The lowest BCUT2D eigenvalue weighted by Gasteiger charge is -2.15. The minimum Gasteiger partial charge on any atom is -0.385 e. The number of rotatable bonds is 6. The summed E-state index contributed by atoms with van der Waals surface area (Å²) < 4.78 is 6.64. The number of aryl methyl sites for hydroxylation is 1. The van der Waals surface area contributed by atoms with Crippen LogP contribution >= 0.6 is 0 Å². The van der Waals surface area contributed by atoms with Crippen molar-refractivity contribution in [2.24, 2.45) is 12.5 Å². The van der Waals surface area contributed by atoms with Crippen LogP contribution in [0.4, 0.5) is 5.82 Å². The lowest BCUT2D eigenvalue weighted by atomic mass is 10.0. The van der Waals surface area contributed by atoms with E-state index in [1.165, 1.54) is 17.4 Å². The Labute approximate surface area is 101 Å². The van der Waals surface area contributed by atoms with Gasteiger partial charge < -0.3 is 14.6 Å². The van der Waals surface area contributed by atoms with Gasteiger partial charge in [-0.05, 0) is 24.7 Å². The average Bonchev–Trinajstić information content (AvgIpc) is 3.09. The zero-order valence-electron chi connectivity index (χ0n) is 10.4. The van der Waals surface area contributed by atoms with Crippen LogP contribution in [0.3, 0.4) is 0 Å². The molecule has 1 N–H and O–H groups in total. The van der Waals surface area contributed by atoms with E-state index in [-0.39, 0.29) is 5.56 Å². The standard InChI is InChI=1S/C12H19N3O2/c1-15-7-6-13-10(11(15)16)14-9-12(3-4-12)5-8-17-2/h6-7H,3-5,8-9H2,1-2H3,(H,13,14). The van der Waals surface area contributed by atoms with Crippen LogP contribution in [-0.4, -0.2) is 29.8 Å². The summed E-state index contributed by atoms with van der Waals surface area (Å²) in [5.41, 5.74) is 0.244. The summed E-state index contributed by atoms with van der Waals surface area (Å²) in [6.45, 7) is 1.59. The summed E-state index contributed by atoms with van der Waals surface area (Å²) in [7, 11) is 3.45. The number of hydrogen-bond donors (Lipinski definition) is 1. The first kappa shape index (κ1) is 12.1. The second-order valence-electron chi connectivity index (χ2n) is 4.79. The third kappa shape index (κ3) is 2.85. The highest BCUT2D eigenvalue weighted by Crippen LogP contribution is 2.48. The molecule has 5 heteroatoms. The first-order valence-electron chi connectivity index (χ1n) is 5.91. The predicted molar refractivity (Wildman–Crippen MR) is 66.1 cm³/mol. The first-order chi connectivity index (χ1) is 8.17. The molecule has 0 unspecified atom stereocenters. The van der Waals surface area contributed by atoms with Crippen molar-refractivity contribution in [2.45, 2.75) is 19.3 Å². The van der Waals surface area contributed by atoms with Gasteiger partial charge in [0.2, 0.25) is 0 Å². The van der Waals surface area contributed by atoms with Crippen LogP contribution in [0.5, 0.6) is 0 Å². The van der Waals surface area contributed by atoms with Gasteiger partial charge in [0.1, 0.15) is 0 Å². The summed E-state index contributed by atoms with van der Waals surface area (Å²) in [5.74, 6) is 0.443. The Hall–Kier alpha value is -1.36. The van der Waals surface area contributed by atoms with Crippen molar-refractivity contribution in [1.82, 2.24) is 9.55 Å². The lowest BCUT2D eigenvalue weighted by molar-refractivity contribution is 0.175. The van der Waals surface area contributed by atoms with Crippen LogP contribution in [0.1, 0.15) is 19.3 Å². The molecule has 0 bridgehead atoms. The van der Waals surface area contributed by atoms with E-state index < -0.39 is 0 Å². The topological polar surface area (TPSA) is 56.1 Å². The van der Waals surface area contributed by atoms with Gasteiger partial charge in [-0.1, -0.05) is 0 Å². The maximum atomic E-state index is 11.7. The van der Waals surface area contributed by atoms with Crippen LogP contribution < -0.4 is 10.9 Å². The van der Waals surface area contributed by atoms with Gasteiger partial charge >= 0.3 is 0 Å². The molecule has 0 atom stereocenters. The molecule has 0 spiro atoms. The molecule has 0 radical (unpaired) electrons. The molecular weight excluding hydrogens is 218 g/mol. The largest absolute Gasteiger partial charge is 0.385 e. The van der Waals surface area contributed by atoms with E-state index in [1.54, 1.807) is 26.6 Å². The molecule has 0 saturated heterocycles. The Kier molecular flexibility index (Phi) is 3.47. The van der Waals surface area contributed by atoms with Gasteiger partial charge in [0.05, 0.1) is 0 Å². The Morgan fingerprint density at radius 3 is 3.00 bits per heavy atom. The highest BCUT2D eigenvalue weighted by Gasteiger charge is 2.41. The second kappa shape index (κ2) is 4.87. The molecule has 1 saturated carbocycles. The number of aromatic nitrogens is 2. The van der Waals surface area contributed by atoms with Crippen LogP contribution in [0.2, 0.25) is 0 Å². The van der Waals surface area contributed by atoms with E-state index >= 15 is 0 Å². The van der Waals surface area contributed by atoms with Crippen molar-refractivity contribution < 1.29 is 4.74 Å². The van der Waals surface area contributed by atoms with Gasteiger partial charge in [0, 0.05) is 39.7 Å². The molecule has 0 aliphatic heterocycles. The number of methoxy groups -OCH3 is 1. The fourth-order valence-electron chi connectivity index (χ4n) is 1.90. The summed E-state index contributed by atoms with van der Waals surface area (Å²) >= 11 is 0. The van der Waals surface area contributed by atoms with Crippen molar-refractivity contribution in [3.8, 4) is 0 Å². The molecule has 2 rings (SSSR count). The van der Waals surface area contributed by atoms with Gasteiger partial charge in [-0.25, -0.2) is 4.98 Å². The minimum absolute atomic E-state index is 0.0740. The third-order valence-electron chi connectivity index (χ3n) is 3.44. The van der Waals surface area contributed by atoms with Crippen LogP contribution in [0.15, 0.2) is 17.2 Å². The fourth-order valence-corrected chi connectivity index (χ4v) is 1.90. The van der Waals surface area contributed by atoms with Crippen LogP contribution in [-0.2, 0) is 11.8 Å². The predicted octanol–water partition coefficient (Wildman–Crippen LogP) is 1.01. The lowest BCUT2D eigenvalue weighted by Crippen LogP contribution is -2.25. The van der Waals surface area contributed by atoms with Crippen LogP contribution in [0.25, 0.3) is 0 Å². The number of nitrogens with zero attached hydrogens (tertiary/aromatic N) is 2. The Bertz CT molecular complexity index is 438. The zero-order chi connectivity index (χ0) is 12.3. The van der Waals surface area contributed by atoms with E-state index in [4.69, 9.17) is 4.74 Å². The maximum absolute atomic E-state index is 11.7. The molecule has 1 fully saturated rings. The van der Waals surface area contributed by atoms with Crippen molar-refractivity contribution in [2.75, 3.05) is 25.6 Å². The summed E-state index contributed by atoms with van der Waals surface area (Å²) in [6.07, 6.45) is 6.75. The van der Waals surface area contributed by atoms with Crippen molar-refractivity contribution in [1.29, 1.82) is 0 Å². The van der Waals surface area contributed by atoms with Crippen molar-refractivity contribution in [3.63, 3.8) is 0 Å². The molecule has 0 aromatic carbocycles. The molecule has 1 aromatic heterocycles. The Morgan fingerprint density at radius 2 is 2.35 bits per heavy atom. The summed E-state index contributed by atoms with van der Waals surface area (Å²) in [4.78, 5) is 15.8. The van der Waals surface area contributed by atoms with E-state index in [0.29, 0.717) is 11.2 Å². The van der Waals surface area contributed by atoms with Crippen molar-refractivity contribution >= 4 is 5.82 Å². The van der Waals surface area contributed by atoms with Gasteiger partial charge in [-0.15, -0.1) is 0 Å². The third-order valence-corrected chi connectivity index (χ3v) is 3.44. The Balaban J connectivity index is 1.94. The molecule has 1 heterocycles. The molecule has 5 nitrogen and oxygen atoms in total. The minimum atomic E-state index is -0.0740. The number of nitrogens with one attached hydrogen (secondary N) is 1. The Morgan fingerprint density at radius 1 is 1.59 bits per heavy atom. The van der Waals surface area contributed by atoms with E-state index in [2.05, 4.69) is 10.3 Å². The first-order valence-corrected chi connectivity index (χ1v) is 5.91. The van der Waals surface area contributed by atoms with E-state index in [1.807, 2.05) is 0 Å². The number of ether oxygens (including phenoxy) is 1. The summed E-state index contributed by atoms with van der Waals surface area (Å²) in [6, 6.07) is 0. The van der Waals surface area contributed by atoms with Gasteiger partial charge in [-0.2, -0.15) is 0 Å². The molecule has 1 aliphatic carbocycles. The molecule has 1 aliphatic rings. The van der Waals surface area contributed by atoms with Gasteiger partial charge in [0.25, 0.3) is 5.56 Å². The van der Waals surface area contributed by atoms with E-state index in [9.17, 15) is 4.79 Å². The van der Waals surface area contributed by atoms with E-state index in [0.717, 1.165) is 19.6 Å². The highest BCUT2D eigenvalue weighted by atomic mass is 16.5. The SMILES string of the molecule is COCCC1(CNc2nccn(C)c2=O)CC1. The zero-order valence-corrected chi connectivity index (χ0v) is 10.4. The molecular formula is C12H19N3O2. The quantitative estimate of drug-likeness (QED) is 0.802. The normalized spacial score (nSPS) is 16.8. The smallest absolute Gasteiger partial charge is 0.293 e. The highest BCUT2D eigenvalue weighted by molar-refractivity contribution is 5.31. The second-order valence-corrected chi connectivity index (χ2v) is 4.79. The van der Waals surface area contributed by atoms with Crippen LogP contribution in [0, 0.1) is 5.41 Å². The molecule has 17 heavy (non-hydrogen) atoms.